The Bertz CT molecular complexity index is 1070. The van der Waals surface area contributed by atoms with Crippen LogP contribution in [0.1, 0.15) is 5.56 Å². The maximum Gasteiger partial charge on any atom is 0.416 e. The molecule has 1 fully saturated rings. The number of nitrogens with zero attached hydrogens (tertiary/aromatic N) is 2. The molecule has 168 valence electrons. The first kappa shape index (κ1) is 22.9. The summed E-state index contributed by atoms with van der Waals surface area (Å²) in [4.78, 5) is 12.9. The summed E-state index contributed by atoms with van der Waals surface area (Å²) in [5.74, 6) is -2.79. The van der Waals surface area contributed by atoms with Crippen LogP contribution in [0.5, 0.6) is 5.75 Å². The predicted octanol–water partition coefficient (Wildman–Crippen LogP) is 2.90. The first-order valence-electron chi connectivity index (χ1n) is 9.01. The SMILES string of the molecule is O=C(COc1cccc(C(F)(F)F)c1)N1CCN(S(=O)(=O)c2ccc(F)cc2F)CC1. The Balaban J connectivity index is 1.57. The standard InChI is InChI=1S/C19H17F5N2O4S/c20-14-4-5-17(16(21)11-14)31(28,29)26-8-6-25(7-9-26)18(27)12-30-15-3-1-2-13(10-15)19(22,23)24/h1-5,10-11H,6-9,12H2. The van der Waals surface area contributed by atoms with Crippen LogP contribution in [0.15, 0.2) is 47.4 Å². The van der Waals surface area contributed by atoms with E-state index in [1.165, 1.54) is 11.0 Å². The van der Waals surface area contributed by atoms with Gasteiger partial charge in [0, 0.05) is 32.2 Å². The third-order valence-corrected chi connectivity index (χ3v) is 6.56. The Labute approximate surface area is 174 Å². The number of alkyl halides is 3. The van der Waals surface area contributed by atoms with Crippen molar-refractivity contribution in [2.24, 2.45) is 0 Å². The monoisotopic (exact) mass is 464 g/mol. The molecule has 12 heteroatoms. The lowest BCUT2D eigenvalue weighted by Gasteiger charge is -2.34. The molecule has 31 heavy (non-hydrogen) atoms. The highest BCUT2D eigenvalue weighted by Crippen LogP contribution is 2.31. The van der Waals surface area contributed by atoms with E-state index in [0.29, 0.717) is 6.07 Å². The van der Waals surface area contributed by atoms with Gasteiger partial charge in [0.2, 0.25) is 10.0 Å². The normalized spacial score (nSPS) is 15.7. The highest BCUT2D eigenvalue weighted by Gasteiger charge is 2.33. The minimum absolute atomic E-state index is 0.0210. The third-order valence-electron chi connectivity index (χ3n) is 4.63. The molecule has 0 saturated carbocycles. The van der Waals surface area contributed by atoms with Crippen LogP contribution in [0, 0.1) is 11.6 Å². The number of benzene rings is 2. The molecule has 0 aliphatic carbocycles. The van der Waals surface area contributed by atoms with Crippen molar-refractivity contribution in [3.05, 3.63) is 59.7 Å². The molecule has 0 atom stereocenters. The van der Waals surface area contributed by atoms with E-state index in [4.69, 9.17) is 4.74 Å². The third kappa shape index (κ3) is 5.31. The molecule has 0 spiro atoms. The summed E-state index contributed by atoms with van der Waals surface area (Å²) in [6.45, 7) is -0.830. The van der Waals surface area contributed by atoms with E-state index in [9.17, 15) is 35.2 Å². The second-order valence-corrected chi connectivity index (χ2v) is 8.58. The summed E-state index contributed by atoms with van der Waals surface area (Å²) in [7, 11) is -4.22. The maximum atomic E-state index is 13.9. The fraction of sp³-hybridized carbons (Fsp3) is 0.316. The number of sulfonamides is 1. The zero-order valence-electron chi connectivity index (χ0n) is 15.9. The molecule has 0 aromatic heterocycles. The zero-order valence-corrected chi connectivity index (χ0v) is 16.7. The number of carbonyl (C=O) groups is 1. The van der Waals surface area contributed by atoms with Crippen LogP contribution >= 0.6 is 0 Å². The minimum Gasteiger partial charge on any atom is -0.484 e. The average Bonchev–Trinajstić information content (AvgIpc) is 2.71. The van der Waals surface area contributed by atoms with Crippen LogP contribution in [0.2, 0.25) is 0 Å². The van der Waals surface area contributed by atoms with E-state index in [0.717, 1.165) is 34.6 Å². The van der Waals surface area contributed by atoms with Gasteiger partial charge in [-0.05, 0) is 30.3 Å². The average molecular weight is 464 g/mol. The number of hydrogen-bond acceptors (Lipinski definition) is 4. The maximum absolute atomic E-state index is 13.9. The van der Waals surface area contributed by atoms with Gasteiger partial charge >= 0.3 is 6.18 Å². The molecule has 6 nitrogen and oxygen atoms in total. The number of hydrogen-bond donors (Lipinski definition) is 0. The lowest BCUT2D eigenvalue weighted by molar-refractivity contribution is -0.137. The molecule has 0 unspecified atom stereocenters. The summed E-state index contributed by atoms with van der Waals surface area (Å²) < 4.78 is 96.3. The molecule has 0 radical (unpaired) electrons. The second kappa shape index (κ2) is 8.79. The molecular formula is C19H17F5N2O4S. The van der Waals surface area contributed by atoms with Gasteiger partial charge in [-0.25, -0.2) is 17.2 Å². The van der Waals surface area contributed by atoms with Gasteiger partial charge in [-0.2, -0.15) is 17.5 Å². The molecule has 0 N–H and O–H groups in total. The van der Waals surface area contributed by atoms with E-state index in [1.54, 1.807) is 0 Å². The van der Waals surface area contributed by atoms with E-state index in [-0.39, 0.29) is 31.9 Å². The molecular weight excluding hydrogens is 447 g/mol. The number of amides is 1. The number of rotatable bonds is 5. The van der Waals surface area contributed by atoms with Crippen LogP contribution in [0.25, 0.3) is 0 Å². The van der Waals surface area contributed by atoms with Gasteiger partial charge < -0.3 is 9.64 Å². The molecule has 2 aromatic rings. The van der Waals surface area contributed by atoms with Gasteiger partial charge in [-0.3, -0.25) is 4.79 Å². The molecule has 1 saturated heterocycles. The van der Waals surface area contributed by atoms with Crippen LogP contribution < -0.4 is 4.74 Å². The quantitative estimate of drug-likeness (QED) is 0.639. The van der Waals surface area contributed by atoms with Crippen LogP contribution in [0.4, 0.5) is 22.0 Å². The lowest BCUT2D eigenvalue weighted by atomic mass is 10.2. The number of ether oxygens (including phenoxy) is 1. The largest absolute Gasteiger partial charge is 0.484 e. The fourth-order valence-electron chi connectivity index (χ4n) is 3.00. The van der Waals surface area contributed by atoms with Gasteiger partial charge in [0.15, 0.2) is 6.61 Å². The highest BCUT2D eigenvalue weighted by atomic mass is 32.2. The number of piperazine rings is 1. The second-order valence-electron chi connectivity index (χ2n) is 6.67. The number of halogens is 5. The van der Waals surface area contributed by atoms with Crippen molar-refractivity contribution in [2.45, 2.75) is 11.1 Å². The van der Waals surface area contributed by atoms with Crippen LogP contribution in [0.3, 0.4) is 0 Å². The van der Waals surface area contributed by atoms with E-state index in [2.05, 4.69) is 0 Å². The first-order valence-corrected chi connectivity index (χ1v) is 10.5. The Morgan fingerprint density at radius 2 is 1.68 bits per heavy atom. The fourth-order valence-corrected chi connectivity index (χ4v) is 4.47. The van der Waals surface area contributed by atoms with Crippen LogP contribution in [-0.4, -0.2) is 56.3 Å². The van der Waals surface area contributed by atoms with E-state index in [1.807, 2.05) is 0 Å². The summed E-state index contributed by atoms with van der Waals surface area (Å²) >= 11 is 0. The van der Waals surface area contributed by atoms with Gasteiger partial charge in [0.05, 0.1) is 5.56 Å². The van der Waals surface area contributed by atoms with Crippen molar-refractivity contribution in [3.63, 3.8) is 0 Å². The molecule has 1 amide bonds. The topological polar surface area (TPSA) is 66.9 Å². The van der Waals surface area contributed by atoms with E-state index >= 15 is 0 Å². The van der Waals surface area contributed by atoms with Crippen LogP contribution in [-0.2, 0) is 21.0 Å². The zero-order chi connectivity index (χ0) is 22.8. The minimum atomic E-state index is -4.55. The molecule has 3 rings (SSSR count). The first-order chi connectivity index (χ1) is 14.5. The summed E-state index contributed by atoms with van der Waals surface area (Å²) in [6.07, 6.45) is -4.55. The predicted molar refractivity (Wildman–Crippen MR) is 98.6 cm³/mol. The number of carbonyl (C=O) groups excluding carboxylic acids is 1. The Kier molecular flexibility index (Phi) is 6.51. The van der Waals surface area contributed by atoms with Crippen molar-refractivity contribution in [1.82, 2.24) is 9.21 Å². The molecule has 1 aliphatic heterocycles. The smallest absolute Gasteiger partial charge is 0.416 e. The summed E-state index contributed by atoms with van der Waals surface area (Å²) in [6, 6.07) is 6.22. The molecule has 0 bridgehead atoms. The molecule has 1 aliphatic rings. The lowest BCUT2D eigenvalue weighted by Crippen LogP contribution is -2.51. The van der Waals surface area contributed by atoms with Crippen molar-refractivity contribution in [1.29, 1.82) is 0 Å². The Morgan fingerprint density at radius 1 is 1.00 bits per heavy atom. The summed E-state index contributed by atoms with van der Waals surface area (Å²) in [5.41, 5.74) is -0.913. The van der Waals surface area contributed by atoms with Gasteiger partial charge in [0.25, 0.3) is 5.91 Å². The van der Waals surface area contributed by atoms with Crippen molar-refractivity contribution < 1.29 is 39.9 Å². The Hall–Kier alpha value is -2.73. The Morgan fingerprint density at radius 3 is 2.29 bits per heavy atom. The van der Waals surface area contributed by atoms with Crippen molar-refractivity contribution >= 4 is 15.9 Å². The molecule has 1 heterocycles. The van der Waals surface area contributed by atoms with Crippen molar-refractivity contribution in [3.8, 4) is 5.75 Å². The van der Waals surface area contributed by atoms with Crippen molar-refractivity contribution in [2.75, 3.05) is 32.8 Å². The van der Waals surface area contributed by atoms with E-state index < -0.39 is 50.8 Å². The van der Waals surface area contributed by atoms with Gasteiger partial charge in [-0.15, -0.1) is 0 Å². The molecule has 2 aromatic carbocycles. The summed E-state index contributed by atoms with van der Waals surface area (Å²) in [5, 5.41) is 0. The highest BCUT2D eigenvalue weighted by molar-refractivity contribution is 7.89. The van der Waals surface area contributed by atoms with Gasteiger partial charge in [-0.1, -0.05) is 6.07 Å². The van der Waals surface area contributed by atoms with Gasteiger partial charge in [0.1, 0.15) is 22.3 Å².